The van der Waals surface area contributed by atoms with Crippen molar-refractivity contribution >= 4 is 11.8 Å². The van der Waals surface area contributed by atoms with Crippen LogP contribution in [0.2, 0.25) is 0 Å². The molecule has 0 unspecified atom stereocenters. The zero-order valence-electron chi connectivity index (χ0n) is 15.2. The lowest BCUT2D eigenvalue weighted by atomic mass is 9.63. The molecule has 0 atom stereocenters. The lowest BCUT2D eigenvalue weighted by Gasteiger charge is -2.46. The van der Waals surface area contributed by atoms with E-state index in [-0.39, 0.29) is 23.0 Å². The molecule has 4 nitrogen and oxygen atoms in total. The fraction of sp³-hybridized carbons (Fsp3) is 0.364. The van der Waals surface area contributed by atoms with Crippen molar-refractivity contribution in [1.82, 2.24) is 9.80 Å². The highest BCUT2D eigenvalue weighted by atomic mass is 19.1. The van der Waals surface area contributed by atoms with Crippen LogP contribution < -0.4 is 0 Å². The Morgan fingerprint density at radius 1 is 0.815 bits per heavy atom. The number of amides is 2. The minimum absolute atomic E-state index is 0.108. The van der Waals surface area contributed by atoms with Crippen molar-refractivity contribution in [1.29, 1.82) is 0 Å². The standard InChI is InChI=1S/C22H23FN2O2/c23-19-9-7-17(8-10-19)20(26)24-13-15-25(16-14-24)21(27)22(11-4-12-22)18-5-2-1-3-6-18/h1-3,5-10H,4,11-16H2. The van der Waals surface area contributed by atoms with Gasteiger partial charge in [0.2, 0.25) is 5.91 Å². The third kappa shape index (κ3) is 3.22. The summed E-state index contributed by atoms with van der Waals surface area (Å²) < 4.78 is 13.1. The number of carbonyl (C=O) groups excluding carboxylic acids is 2. The van der Waals surface area contributed by atoms with Crippen LogP contribution in [0.5, 0.6) is 0 Å². The zero-order valence-corrected chi connectivity index (χ0v) is 15.2. The number of nitrogens with zero attached hydrogens (tertiary/aromatic N) is 2. The van der Waals surface area contributed by atoms with Gasteiger partial charge in [0.05, 0.1) is 5.41 Å². The van der Waals surface area contributed by atoms with E-state index in [2.05, 4.69) is 0 Å². The molecule has 5 heteroatoms. The van der Waals surface area contributed by atoms with Crippen molar-refractivity contribution in [3.8, 4) is 0 Å². The molecule has 2 amide bonds. The number of carbonyl (C=O) groups is 2. The van der Waals surface area contributed by atoms with E-state index in [0.29, 0.717) is 31.7 Å². The molecule has 1 aliphatic heterocycles. The van der Waals surface area contributed by atoms with Crippen molar-refractivity contribution in [3.63, 3.8) is 0 Å². The SMILES string of the molecule is O=C(c1ccc(F)cc1)N1CCN(C(=O)C2(c3ccccc3)CCC2)CC1. The number of rotatable bonds is 3. The summed E-state index contributed by atoms with van der Waals surface area (Å²) >= 11 is 0. The Kier molecular flexibility index (Phi) is 4.68. The normalized spacial score (nSPS) is 18.7. The maximum atomic E-state index is 13.3. The molecule has 2 aromatic rings. The average Bonchev–Trinajstić information content (AvgIpc) is 2.68. The summed E-state index contributed by atoms with van der Waals surface area (Å²) in [6, 6.07) is 15.7. The van der Waals surface area contributed by atoms with E-state index in [1.165, 1.54) is 24.3 Å². The van der Waals surface area contributed by atoms with Crippen LogP contribution in [0.3, 0.4) is 0 Å². The molecule has 1 saturated carbocycles. The second-order valence-electron chi connectivity index (χ2n) is 7.39. The van der Waals surface area contributed by atoms with Crippen LogP contribution in [0.4, 0.5) is 4.39 Å². The van der Waals surface area contributed by atoms with Crippen LogP contribution in [0.1, 0.15) is 35.2 Å². The van der Waals surface area contributed by atoms with Gasteiger partial charge < -0.3 is 9.80 Å². The number of halogens is 1. The summed E-state index contributed by atoms with van der Waals surface area (Å²) in [5, 5.41) is 0. The highest BCUT2D eigenvalue weighted by molar-refractivity contribution is 5.94. The monoisotopic (exact) mass is 366 g/mol. The first-order valence-corrected chi connectivity index (χ1v) is 9.50. The summed E-state index contributed by atoms with van der Waals surface area (Å²) in [5.74, 6) is -0.272. The number of hydrogen-bond acceptors (Lipinski definition) is 2. The Labute approximate surface area is 158 Å². The van der Waals surface area contributed by atoms with Crippen LogP contribution in [-0.2, 0) is 10.2 Å². The first-order valence-electron chi connectivity index (χ1n) is 9.50. The van der Waals surface area contributed by atoms with Crippen molar-refractivity contribution in [2.24, 2.45) is 0 Å². The molecule has 0 N–H and O–H groups in total. The molecule has 0 bridgehead atoms. The van der Waals surface area contributed by atoms with Crippen molar-refractivity contribution in [2.45, 2.75) is 24.7 Å². The highest BCUT2D eigenvalue weighted by Gasteiger charge is 2.48. The molecule has 0 spiro atoms. The molecule has 1 heterocycles. The van der Waals surface area contributed by atoms with Gasteiger partial charge in [-0.05, 0) is 42.7 Å². The fourth-order valence-electron chi connectivity index (χ4n) is 4.10. The van der Waals surface area contributed by atoms with Gasteiger partial charge in [0.25, 0.3) is 5.91 Å². The number of benzene rings is 2. The van der Waals surface area contributed by atoms with Crippen LogP contribution in [0.25, 0.3) is 0 Å². The van der Waals surface area contributed by atoms with Crippen LogP contribution in [0, 0.1) is 5.82 Å². The maximum Gasteiger partial charge on any atom is 0.253 e. The van der Waals surface area contributed by atoms with Gasteiger partial charge in [0.1, 0.15) is 5.82 Å². The molecule has 1 aliphatic carbocycles. The molecule has 4 rings (SSSR count). The largest absolute Gasteiger partial charge is 0.338 e. The summed E-state index contributed by atoms with van der Waals surface area (Å²) in [7, 11) is 0. The van der Waals surface area contributed by atoms with E-state index in [0.717, 1.165) is 24.8 Å². The van der Waals surface area contributed by atoms with Crippen molar-refractivity contribution in [2.75, 3.05) is 26.2 Å². The molecular formula is C22H23FN2O2. The van der Waals surface area contributed by atoms with Gasteiger partial charge in [-0.3, -0.25) is 9.59 Å². The first-order chi connectivity index (χ1) is 13.1. The minimum atomic E-state index is -0.385. The molecule has 140 valence electrons. The smallest absolute Gasteiger partial charge is 0.253 e. The first kappa shape index (κ1) is 17.7. The molecule has 0 radical (unpaired) electrons. The number of piperazine rings is 1. The van der Waals surface area contributed by atoms with Gasteiger partial charge in [-0.2, -0.15) is 0 Å². The summed E-state index contributed by atoms with van der Waals surface area (Å²) in [6.07, 6.45) is 2.86. The summed E-state index contributed by atoms with van der Waals surface area (Å²) in [6.45, 7) is 2.10. The fourth-order valence-corrected chi connectivity index (χ4v) is 4.10. The van der Waals surface area contributed by atoms with Crippen LogP contribution in [-0.4, -0.2) is 47.8 Å². The molecule has 0 aromatic heterocycles. The van der Waals surface area contributed by atoms with Gasteiger partial charge in [0, 0.05) is 31.7 Å². The van der Waals surface area contributed by atoms with Crippen molar-refractivity contribution < 1.29 is 14.0 Å². The topological polar surface area (TPSA) is 40.6 Å². The van der Waals surface area contributed by atoms with E-state index in [4.69, 9.17) is 0 Å². The van der Waals surface area contributed by atoms with Gasteiger partial charge in [-0.1, -0.05) is 36.8 Å². The van der Waals surface area contributed by atoms with E-state index in [1.54, 1.807) is 4.90 Å². The van der Waals surface area contributed by atoms with E-state index in [1.807, 2.05) is 35.2 Å². The lowest BCUT2D eigenvalue weighted by Crippen LogP contribution is -2.57. The predicted molar refractivity (Wildman–Crippen MR) is 101 cm³/mol. The van der Waals surface area contributed by atoms with E-state index < -0.39 is 0 Å². The summed E-state index contributed by atoms with van der Waals surface area (Å²) in [4.78, 5) is 29.5. The second kappa shape index (κ2) is 7.14. The third-order valence-corrected chi connectivity index (χ3v) is 5.89. The van der Waals surface area contributed by atoms with E-state index in [9.17, 15) is 14.0 Å². The molecule has 27 heavy (non-hydrogen) atoms. The van der Waals surface area contributed by atoms with Crippen LogP contribution >= 0.6 is 0 Å². The van der Waals surface area contributed by atoms with Gasteiger partial charge >= 0.3 is 0 Å². The number of hydrogen-bond donors (Lipinski definition) is 0. The molecular weight excluding hydrogens is 343 g/mol. The Hall–Kier alpha value is -2.69. The average molecular weight is 366 g/mol. The Morgan fingerprint density at radius 2 is 1.41 bits per heavy atom. The Bertz CT molecular complexity index is 823. The van der Waals surface area contributed by atoms with Gasteiger partial charge in [-0.15, -0.1) is 0 Å². The minimum Gasteiger partial charge on any atom is -0.338 e. The van der Waals surface area contributed by atoms with Gasteiger partial charge in [-0.25, -0.2) is 4.39 Å². The molecule has 2 fully saturated rings. The zero-order chi connectivity index (χ0) is 18.9. The van der Waals surface area contributed by atoms with Crippen molar-refractivity contribution in [3.05, 3.63) is 71.5 Å². The van der Waals surface area contributed by atoms with Crippen LogP contribution in [0.15, 0.2) is 54.6 Å². The van der Waals surface area contributed by atoms with E-state index >= 15 is 0 Å². The van der Waals surface area contributed by atoms with Gasteiger partial charge in [0.15, 0.2) is 0 Å². The highest BCUT2D eigenvalue weighted by Crippen LogP contribution is 2.45. The molecule has 2 aliphatic rings. The molecule has 1 saturated heterocycles. The lowest BCUT2D eigenvalue weighted by molar-refractivity contribution is -0.142. The second-order valence-corrected chi connectivity index (χ2v) is 7.39. The third-order valence-electron chi connectivity index (χ3n) is 5.89. The maximum absolute atomic E-state index is 13.3. The Morgan fingerprint density at radius 3 is 1.96 bits per heavy atom. The molecule has 2 aromatic carbocycles. The quantitative estimate of drug-likeness (QED) is 0.837. The Balaban J connectivity index is 1.42. The summed E-state index contributed by atoms with van der Waals surface area (Å²) in [5.41, 5.74) is 1.20. The predicted octanol–water partition coefficient (Wildman–Crippen LogP) is 3.23.